The van der Waals surface area contributed by atoms with E-state index in [0.717, 1.165) is 25.7 Å². The van der Waals surface area contributed by atoms with E-state index in [1.807, 2.05) is 0 Å². The first-order chi connectivity index (χ1) is 7.22. The van der Waals surface area contributed by atoms with E-state index in [0.29, 0.717) is 6.42 Å². The van der Waals surface area contributed by atoms with Crippen molar-refractivity contribution in [3.63, 3.8) is 0 Å². The predicted molar refractivity (Wildman–Crippen MR) is 63.6 cm³/mol. The van der Waals surface area contributed by atoms with Gasteiger partial charge < -0.3 is 0 Å². The van der Waals surface area contributed by atoms with Crippen LogP contribution in [0.3, 0.4) is 0 Å². The second-order valence-electron chi connectivity index (χ2n) is 4.01. The molecule has 88 valence electrons. The molecule has 0 amide bonds. The summed E-state index contributed by atoms with van der Waals surface area (Å²) in [6, 6.07) is -0.357. The van der Waals surface area contributed by atoms with Crippen LogP contribution in [0.1, 0.15) is 58.3 Å². The minimum absolute atomic E-state index is 0.136. The molecule has 0 fully saturated rings. The standard InChI is InChI=1S/C12H23NO2/c1-3-5-7-8-9-11-12(13(14)15)10-6-4-2/h4,12H,2-3,5-11H2,1H3. The minimum Gasteiger partial charge on any atom is -0.264 e. The molecule has 0 spiro atoms. The number of hydrogen-bond donors (Lipinski definition) is 0. The predicted octanol–water partition coefficient (Wildman–Crippen LogP) is 3.96. The molecule has 0 aliphatic carbocycles. The van der Waals surface area contributed by atoms with Crippen LogP contribution >= 0.6 is 0 Å². The van der Waals surface area contributed by atoms with E-state index >= 15 is 0 Å². The van der Waals surface area contributed by atoms with Crippen molar-refractivity contribution in [3.8, 4) is 0 Å². The second-order valence-corrected chi connectivity index (χ2v) is 4.01. The van der Waals surface area contributed by atoms with Gasteiger partial charge >= 0.3 is 0 Å². The number of nitro groups is 1. The van der Waals surface area contributed by atoms with Gasteiger partial charge in [-0.1, -0.05) is 38.7 Å². The SMILES string of the molecule is C=CCCC(CCCCCCC)[N+](=O)[O-]. The molecule has 1 atom stereocenters. The largest absolute Gasteiger partial charge is 0.264 e. The Hall–Kier alpha value is -0.860. The fraction of sp³-hybridized carbons (Fsp3) is 0.833. The fourth-order valence-corrected chi connectivity index (χ4v) is 1.65. The molecule has 0 bridgehead atoms. The van der Waals surface area contributed by atoms with Crippen molar-refractivity contribution in [2.45, 2.75) is 64.3 Å². The quantitative estimate of drug-likeness (QED) is 0.238. The number of rotatable bonds is 10. The van der Waals surface area contributed by atoms with Crippen LogP contribution in [0.5, 0.6) is 0 Å². The van der Waals surface area contributed by atoms with Crippen molar-refractivity contribution in [2.75, 3.05) is 0 Å². The van der Waals surface area contributed by atoms with Crippen LogP contribution in [0.15, 0.2) is 12.7 Å². The maximum Gasteiger partial charge on any atom is 0.213 e. The minimum atomic E-state index is -0.357. The van der Waals surface area contributed by atoms with E-state index in [1.54, 1.807) is 6.08 Å². The highest BCUT2D eigenvalue weighted by Gasteiger charge is 2.17. The normalized spacial score (nSPS) is 12.3. The first-order valence-corrected chi connectivity index (χ1v) is 5.96. The summed E-state index contributed by atoms with van der Waals surface area (Å²) in [4.78, 5) is 10.6. The Bertz CT molecular complexity index is 180. The van der Waals surface area contributed by atoms with Gasteiger partial charge in [-0.05, 0) is 12.8 Å². The zero-order valence-corrected chi connectivity index (χ0v) is 9.78. The summed E-state index contributed by atoms with van der Waals surface area (Å²) in [5.41, 5.74) is 0. The summed E-state index contributed by atoms with van der Waals surface area (Å²) in [7, 11) is 0. The second kappa shape index (κ2) is 9.69. The Balaban J connectivity index is 3.57. The molecule has 0 N–H and O–H groups in total. The molecule has 0 aromatic carbocycles. The number of hydrogen-bond acceptors (Lipinski definition) is 2. The van der Waals surface area contributed by atoms with Gasteiger partial charge in [-0.25, -0.2) is 0 Å². The van der Waals surface area contributed by atoms with Crippen LogP contribution in [-0.2, 0) is 0 Å². The summed E-state index contributed by atoms with van der Waals surface area (Å²) < 4.78 is 0. The summed E-state index contributed by atoms with van der Waals surface area (Å²) in [6.07, 6.45) is 9.67. The van der Waals surface area contributed by atoms with Gasteiger partial charge in [0.05, 0.1) is 0 Å². The highest BCUT2D eigenvalue weighted by atomic mass is 16.6. The Kier molecular flexibility index (Phi) is 9.13. The molecule has 0 radical (unpaired) electrons. The third-order valence-electron chi connectivity index (χ3n) is 2.64. The van der Waals surface area contributed by atoms with E-state index in [2.05, 4.69) is 13.5 Å². The lowest BCUT2D eigenvalue weighted by Gasteiger charge is -2.07. The molecule has 3 nitrogen and oxygen atoms in total. The topological polar surface area (TPSA) is 43.1 Å². The maximum absolute atomic E-state index is 10.7. The molecule has 0 saturated heterocycles. The van der Waals surface area contributed by atoms with E-state index in [9.17, 15) is 10.1 Å². The highest BCUT2D eigenvalue weighted by molar-refractivity contribution is 4.69. The van der Waals surface area contributed by atoms with Gasteiger partial charge in [-0.3, -0.25) is 10.1 Å². The van der Waals surface area contributed by atoms with Gasteiger partial charge in [0.25, 0.3) is 0 Å². The van der Waals surface area contributed by atoms with Crippen molar-refractivity contribution in [1.82, 2.24) is 0 Å². The van der Waals surface area contributed by atoms with Crippen LogP contribution in [0, 0.1) is 10.1 Å². The third kappa shape index (κ3) is 8.16. The number of allylic oxidation sites excluding steroid dienone is 1. The lowest BCUT2D eigenvalue weighted by atomic mass is 10.0. The molecule has 0 aliphatic rings. The molecule has 0 saturated carbocycles. The van der Waals surface area contributed by atoms with Crippen LogP contribution in [-0.4, -0.2) is 11.0 Å². The summed E-state index contributed by atoms with van der Waals surface area (Å²) >= 11 is 0. The van der Waals surface area contributed by atoms with Crippen molar-refractivity contribution in [1.29, 1.82) is 0 Å². The summed E-state index contributed by atoms with van der Waals surface area (Å²) in [6.45, 7) is 5.76. The average molecular weight is 213 g/mol. The van der Waals surface area contributed by atoms with Gasteiger partial charge in [0.1, 0.15) is 0 Å². The molecular formula is C12H23NO2. The average Bonchev–Trinajstić information content (AvgIpc) is 2.21. The zero-order valence-electron chi connectivity index (χ0n) is 9.78. The van der Waals surface area contributed by atoms with E-state index in [4.69, 9.17) is 0 Å². The van der Waals surface area contributed by atoms with Crippen LogP contribution in [0.25, 0.3) is 0 Å². The lowest BCUT2D eigenvalue weighted by Crippen LogP contribution is -2.18. The van der Waals surface area contributed by atoms with Crippen LogP contribution in [0.2, 0.25) is 0 Å². The molecular weight excluding hydrogens is 190 g/mol. The summed E-state index contributed by atoms with van der Waals surface area (Å²) in [5.74, 6) is 0. The van der Waals surface area contributed by atoms with Crippen molar-refractivity contribution in [2.24, 2.45) is 0 Å². The van der Waals surface area contributed by atoms with E-state index in [-0.39, 0.29) is 11.0 Å². The Morgan fingerprint density at radius 1 is 1.27 bits per heavy atom. The lowest BCUT2D eigenvalue weighted by molar-refractivity contribution is -0.524. The Labute approximate surface area is 92.7 Å². The highest BCUT2D eigenvalue weighted by Crippen LogP contribution is 2.13. The van der Waals surface area contributed by atoms with Gasteiger partial charge in [-0.2, -0.15) is 0 Å². The first kappa shape index (κ1) is 14.1. The van der Waals surface area contributed by atoms with Gasteiger partial charge in [0.2, 0.25) is 6.04 Å². The van der Waals surface area contributed by atoms with Gasteiger partial charge in [-0.15, -0.1) is 6.58 Å². The molecule has 0 aromatic heterocycles. The fourth-order valence-electron chi connectivity index (χ4n) is 1.65. The van der Waals surface area contributed by atoms with Gasteiger partial charge in [0.15, 0.2) is 0 Å². The molecule has 0 rings (SSSR count). The Morgan fingerprint density at radius 2 is 1.93 bits per heavy atom. The molecule has 0 heterocycles. The Morgan fingerprint density at radius 3 is 2.47 bits per heavy atom. The number of nitrogens with zero attached hydrogens (tertiary/aromatic N) is 1. The smallest absolute Gasteiger partial charge is 0.213 e. The molecule has 15 heavy (non-hydrogen) atoms. The molecule has 1 unspecified atom stereocenters. The molecule has 0 aromatic rings. The first-order valence-electron chi connectivity index (χ1n) is 5.96. The maximum atomic E-state index is 10.7. The monoisotopic (exact) mass is 213 g/mol. The van der Waals surface area contributed by atoms with Gasteiger partial charge in [0, 0.05) is 17.8 Å². The third-order valence-corrected chi connectivity index (χ3v) is 2.64. The van der Waals surface area contributed by atoms with Crippen molar-refractivity contribution >= 4 is 0 Å². The molecule has 0 aliphatic heterocycles. The van der Waals surface area contributed by atoms with Crippen LogP contribution < -0.4 is 0 Å². The van der Waals surface area contributed by atoms with E-state index in [1.165, 1.54) is 19.3 Å². The summed E-state index contributed by atoms with van der Waals surface area (Å²) in [5, 5.41) is 10.7. The molecule has 3 heteroatoms. The number of unbranched alkanes of at least 4 members (excludes halogenated alkanes) is 4. The zero-order chi connectivity index (χ0) is 11.5. The van der Waals surface area contributed by atoms with E-state index < -0.39 is 0 Å². The van der Waals surface area contributed by atoms with Crippen LogP contribution in [0.4, 0.5) is 0 Å². The van der Waals surface area contributed by atoms with Crippen molar-refractivity contribution < 1.29 is 4.92 Å². The van der Waals surface area contributed by atoms with Crippen molar-refractivity contribution in [3.05, 3.63) is 22.8 Å².